The fraction of sp³-hybridized carbons (Fsp3) is 0.136. The highest BCUT2D eigenvalue weighted by atomic mass is 16.5. The molecule has 0 fully saturated rings. The van der Waals surface area contributed by atoms with Crippen LogP contribution in [-0.4, -0.2) is 11.1 Å². The third kappa shape index (κ3) is 4.27. The summed E-state index contributed by atoms with van der Waals surface area (Å²) < 4.78 is 5.36. The van der Waals surface area contributed by atoms with E-state index in [1.807, 2.05) is 12.1 Å². The van der Waals surface area contributed by atoms with Crippen molar-refractivity contribution in [1.82, 2.24) is 0 Å². The molecule has 25 heavy (non-hydrogen) atoms. The largest absolute Gasteiger partial charge is 0.508 e. The molecule has 0 spiro atoms. The number of esters is 1. The highest BCUT2D eigenvalue weighted by Gasteiger charge is 2.08. The van der Waals surface area contributed by atoms with Crippen LogP contribution in [0.1, 0.15) is 29.3 Å². The van der Waals surface area contributed by atoms with Crippen LogP contribution in [0.2, 0.25) is 0 Å². The molecule has 0 aromatic heterocycles. The Balaban J connectivity index is 1.69. The highest BCUT2D eigenvalue weighted by molar-refractivity contribution is 5.91. The van der Waals surface area contributed by atoms with E-state index in [4.69, 9.17) is 4.74 Å². The lowest BCUT2D eigenvalue weighted by atomic mass is 10.0. The van der Waals surface area contributed by atoms with Crippen LogP contribution in [0.15, 0.2) is 72.8 Å². The first-order valence-corrected chi connectivity index (χ1v) is 8.36. The summed E-state index contributed by atoms with van der Waals surface area (Å²) in [5.74, 6) is 0.159. The average molecular weight is 332 g/mol. The van der Waals surface area contributed by atoms with Gasteiger partial charge in [0.05, 0.1) is 5.56 Å². The van der Waals surface area contributed by atoms with Gasteiger partial charge in [0.2, 0.25) is 0 Å². The topological polar surface area (TPSA) is 46.5 Å². The lowest BCUT2D eigenvalue weighted by Crippen LogP contribution is -2.07. The molecular formula is C22H20O3. The maximum absolute atomic E-state index is 12.1. The van der Waals surface area contributed by atoms with Crippen LogP contribution < -0.4 is 4.74 Å². The Labute approximate surface area is 147 Å². The molecule has 0 atom stereocenters. The van der Waals surface area contributed by atoms with Gasteiger partial charge in [-0.3, -0.25) is 0 Å². The van der Waals surface area contributed by atoms with E-state index >= 15 is 0 Å². The van der Waals surface area contributed by atoms with Gasteiger partial charge in [0, 0.05) is 0 Å². The third-order valence-corrected chi connectivity index (χ3v) is 3.99. The highest BCUT2D eigenvalue weighted by Crippen LogP contribution is 2.24. The fourth-order valence-electron chi connectivity index (χ4n) is 2.63. The number of carbonyl (C=O) groups is 1. The van der Waals surface area contributed by atoms with E-state index in [9.17, 15) is 9.90 Å². The Morgan fingerprint density at radius 2 is 1.40 bits per heavy atom. The lowest BCUT2D eigenvalue weighted by molar-refractivity contribution is 0.0735. The standard InChI is InChI=1S/C22H20O3/c1-2-3-16-4-6-17(7-5-16)18-10-14-21(15-11-18)25-22(24)19-8-12-20(23)13-9-19/h4-15,23H,2-3H2,1H3. The summed E-state index contributed by atoms with van der Waals surface area (Å²) in [6.45, 7) is 2.17. The summed E-state index contributed by atoms with van der Waals surface area (Å²) in [5, 5.41) is 9.26. The van der Waals surface area contributed by atoms with Crippen molar-refractivity contribution >= 4 is 5.97 Å². The Morgan fingerprint density at radius 3 is 1.96 bits per heavy atom. The van der Waals surface area contributed by atoms with Crippen LogP contribution >= 0.6 is 0 Å². The zero-order valence-corrected chi connectivity index (χ0v) is 14.1. The average Bonchev–Trinajstić information content (AvgIpc) is 2.64. The number of aryl methyl sites for hydroxylation is 1. The molecule has 0 saturated carbocycles. The normalized spacial score (nSPS) is 10.4. The molecule has 3 rings (SSSR count). The van der Waals surface area contributed by atoms with Gasteiger partial charge in [0.1, 0.15) is 11.5 Å². The Bertz CT molecular complexity index is 832. The Morgan fingerprint density at radius 1 is 0.840 bits per heavy atom. The van der Waals surface area contributed by atoms with Crippen molar-refractivity contribution in [2.75, 3.05) is 0 Å². The number of carbonyl (C=O) groups excluding carboxylic acids is 1. The molecule has 3 aromatic rings. The van der Waals surface area contributed by atoms with E-state index in [2.05, 4.69) is 31.2 Å². The summed E-state index contributed by atoms with van der Waals surface area (Å²) in [6.07, 6.45) is 2.23. The van der Waals surface area contributed by atoms with Crippen molar-refractivity contribution in [2.45, 2.75) is 19.8 Å². The van der Waals surface area contributed by atoms with Crippen LogP contribution in [0, 0.1) is 0 Å². The van der Waals surface area contributed by atoms with E-state index in [1.54, 1.807) is 12.1 Å². The third-order valence-electron chi connectivity index (χ3n) is 3.99. The molecule has 0 amide bonds. The van der Waals surface area contributed by atoms with Crippen molar-refractivity contribution in [3.63, 3.8) is 0 Å². The predicted molar refractivity (Wildman–Crippen MR) is 98.9 cm³/mol. The fourth-order valence-corrected chi connectivity index (χ4v) is 2.63. The molecule has 1 N–H and O–H groups in total. The number of benzene rings is 3. The second kappa shape index (κ2) is 7.67. The molecule has 3 nitrogen and oxygen atoms in total. The first-order chi connectivity index (χ1) is 12.2. The van der Waals surface area contributed by atoms with Gasteiger partial charge < -0.3 is 9.84 Å². The van der Waals surface area contributed by atoms with Gasteiger partial charge in [-0.25, -0.2) is 4.79 Å². The number of phenolic OH excluding ortho intramolecular Hbond substituents is 1. The molecule has 0 bridgehead atoms. The van der Waals surface area contributed by atoms with Gasteiger partial charge >= 0.3 is 5.97 Å². The van der Waals surface area contributed by atoms with Gasteiger partial charge in [-0.2, -0.15) is 0 Å². The van der Waals surface area contributed by atoms with E-state index < -0.39 is 5.97 Å². The summed E-state index contributed by atoms with van der Waals surface area (Å²) in [6, 6.07) is 22.0. The number of phenols is 1. The number of rotatable bonds is 5. The second-order valence-electron chi connectivity index (χ2n) is 5.91. The molecule has 0 aliphatic rings. The van der Waals surface area contributed by atoms with Gasteiger partial charge in [0.25, 0.3) is 0 Å². The van der Waals surface area contributed by atoms with E-state index in [0.717, 1.165) is 24.0 Å². The van der Waals surface area contributed by atoms with Gasteiger partial charge in [-0.05, 0) is 59.5 Å². The summed E-state index contributed by atoms with van der Waals surface area (Å²) in [4.78, 5) is 12.1. The zero-order chi connectivity index (χ0) is 17.6. The maximum Gasteiger partial charge on any atom is 0.343 e. The van der Waals surface area contributed by atoms with Crippen molar-refractivity contribution in [3.8, 4) is 22.6 Å². The SMILES string of the molecule is CCCc1ccc(-c2ccc(OC(=O)c3ccc(O)cc3)cc2)cc1. The lowest BCUT2D eigenvalue weighted by Gasteiger charge is -2.07. The number of ether oxygens (including phenoxy) is 1. The monoisotopic (exact) mass is 332 g/mol. The van der Waals surface area contributed by atoms with Gasteiger partial charge in [-0.1, -0.05) is 49.7 Å². The molecule has 0 radical (unpaired) electrons. The smallest absolute Gasteiger partial charge is 0.343 e. The van der Waals surface area contributed by atoms with Crippen LogP contribution in [0.25, 0.3) is 11.1 Å². The Kier molecular flexibility index (Phi) is 5.14. The summed E-state index contributed by atoms with van der Waals surface area (Å²) in [5.41, 5.74) is 3.95. The van der Waals surface area contributed by atoms with Crippen LogP contribution in [0.3, 0.4) is 0 Å². The molecule has 3 heteroatoms. The number of hydrogen-bond donors (Lipinski definition) is 1. The minimum Gasteiger partial charge on any atom is -0.508 e. The predicted octanol–water partition coefficient (Wildman–Crippen LogP) is 5.23. The minimum atomic E-state index is -0.448. The molecule has 0 unspecified atom stereocenters. The van der Waals surface area contributed by atoms with Crippen LogP contribution in [-0.2, 0) is 6.42 Å². The van der Waals surface area contributed by atoms with Crippen molar-refractivity contribution < 1.29 is 14.6 Å². The van der Waals surface area contributed by atoms with Gasteiger partial charge in [0.15, 0.2) is 0 Å². The zero-order valence-electron chi connectivity index (χ0n) is 14.1. The molecular weight excluding hydrogens is 312 g/mol. The maximum atomic E-state index is 12.1. The number of hydrogen-bond acceptors (Lipinski definition) is 3. The number of aromatic hydroxyl groups is 1. The van der Waals surface area contributed by atoms with Crippen molar-refractivity contribution in [3.05, 3.63) is 83.9 Å². The molecule has 126 valence electrons. The first kappa shape index (κ1) is 16.8. The minimum absolute atomic E-state index is 0.117. The summed E-state index contributed by atoms with van der Waals surface area (Å²) >= 11 is 0. The molecule has 0 aliphatic heterocycles. The molecule has 0 heterocycles. The van der Waals surface area contributed by atoms with E-state index in [1.165, 1.54) is 29.8 Å². The van der Waals surface area contributed by atoms with E-state index in [0.29, 0.717) is 11.3 Å². The van der Waals surface area contributed by atoms with E-state index in [-0.39, 0.29) is 5.75 Å². The molecule has 3 aromatic carbocycles. The quantitative estimate of drug-likeness (QED) is 0.514. The molecule has 0 saturated heterocycles. The van der Waals surface area contributed by atoms with Crippen molar-refractivity contribution in [2.24, 2.45) is 0 Å². The van der Waals surface area contributed by atoms with Crippen LogP contribution in [0.5, 0.6) is 11.5 Å². The van der Waals surface area contributed by atoms with Crippen molar-refractivity contribution in [1.29, 1.82) is 0 Å². The Hall–Kier alpha value is -3.07. The van der Waals surface area contributed by atoms with Gasteiger partial charge in [-0.15, -0.1) is 0 Å². The summed E-state index contributed by atoms with van der Waals surface area (Å²) in [7, 11) is 0. The van der Waals surface area contributed by atoms with Crippen LogP contribution in [0.4, 0.5) is 0 Å². The first-order valence-electron chi connectivity index (χ1n) is 8.36. The second-order valence-corrected chi connectivity index (χ2v) is 5.91. The molecule has 0 aliphatic carbocycles.